The van der Waals surface area contributed by atoms with E-state index in [9.17, 15) is 13.2 Å². The number of piperidine rings is 1. The van der Waals surface area contributed by atoms with Gasteiger partial charge in [0.05, 0.1) is 10.9 Å². The molecule has 3 N–H and O–H groups in total. The quantitative estimate of drug-likeness (QED) is 0.404. The molecule has 10 heteroatoms. The van der Waals surface area contributed by atoms with E-state index in [2.05, 4.69) is 32.5 Å². The summed E-state index contributed by atoms with van der Waals surface area (Å²) < 4.78 is 28.5. The van der Waals surface area contributed by atoms with Crippen molar-refractivity contribution >= 4 is 15.9 Å². The topological polar surface area (TPSA) is 131 Å². The summed E-state index contributed by atoms with van der Waals surface area (Å²) in [4.78, 5) is 19.8. The molecule has 9 nitrogen and oxygen atoms in total. The largest absolute Gasteiger partial charge is 0.349 e. The fourth-order valence-corrected chi connectivity index (χ4v) is 5.68. The van der Waals surface area contributed by atoms with Crippen molar-refractivity contribution in [2.75, 3.05) is 19.6 Å². The molecular formula is C28H35N5O4S. The fourth-order valence-electron chi connectivity index (χ4n) is 5.17. The van der Waals surface area contributed by atoms with Gasteiger partial charge in [-0.3, -0.25) is 4.79 Å². The summed E-state index contributed by atoms with van der Waals surface area (Å²) in [5.74, 6) is 1.84. The Kier molecular flexibility index (Phi) is 8.21. The van der Waals surface area contributed by atoms with Crippen molar-refractivity contribution < 1.29 is 17.7 Å². The minimum atomic E-state index is -3.71. The van der Waals surface area contributed by atoms with Gasteiger partial charge in [-0.1, -0.05) is 54.0 Å². The lowest BCUT2D eigenvalue weighted by Crippen LogP contribution is -2.39. The predicted octanol–water partition coefficient (Wildman–Crippen LogP) is 3.53. The average molecular weight is 538 g/mol. The molecule has 0 spiro atoms. The van der Waals surface area contributed by atoms with Crippen molar-refractivity contribution in [3.05, 3.63) is 77.4 Å². The number of benzene rings is 2. The van der Waals surface area contributed by atoms with Gasteiger partial charge in [0, 0.05) is 24.8 Å². The van der Waals surface area contributed by atoms with Gasteiger partial charge in [-0.15, -0.1) is 0 Å². The highest BCUT2D eigenvalue weighted by Gasteiger charge is 2.29. The highest BCUT2D eigenvalue weighted by Crippen LogP contribution is 2.30. The zero-order valence-electron chi connectivity index (χ0n) is 21.5. The van der Waals surface area contributed by atoms with Crippen LogP contribution in [0, 0.1) is 5.92 Å². The van der Waals surface area contributed by atoms with E-state index in [1.165, 1.54) is 12.1 Å². The Morgan fingerprint density at radius 2 is 1.76 bits per heavy atom. The molecule has 202 valence electrons. The molecule has 2 heterocycles. The minimum Gasteiger partial charge on any atom is -0.349 e. The van der Waals surface area contributed by atoms with E-state index < -0.39 is 10.0 Å². The van der Waals surface area contributed by atoms with Crippen molar-refractivity contribution in [1.29, 1.82) is 0 Å². The van der Waals surface area contributed by atoms with Crippen LogP contribution in [0.15, 0.2) is 64.0 Å². The third kappa shape index (κ3) is 6.67. The first-order valence-electron chi connectivity index (χ1n) is 13.4. The van der Waals surface area contributed by atoms with E-state index in [1.54, 1.807) is 12.1 Å². The molecule has 0 radical (unpaired) electrons. The Labute approximate surface area is 223 Å². The molecule has 1 unspecified atom stereocenters. The maximum absolute atomic E-state index is 12.7. The van der Waals surface area contributed by atoms with E-state index in [0.29, 0.717) is 18.1 Å². The molecule has 1 aliphatic heterocycles. The van der Waals surface area contributed by atoms with Crippen LogP contribution in [0.2, 0.25) is 0 Å². The second-order valence-corrected chi connectivity index (χ2v) is 12.0. The van der Waals surface area contributed by atoms with E-state index in [1.807, 2.05) is 18.2 Å². The number of aromatic nitrogens is 2. The second-order valence-electron chi connectivity index (χ2n) is 10.4. The zero-order chi connectivity index (χ0) is 26.5. The Morgan fingerprint density at radius 1 is 1.05 bits per heavy atom. The molecule has 5 rings (SSSR count). The van der Waals surface area contributed by atoms with Gasteiger partial charge in [0.1, 0.15) is 0 Å². The summed E-state index contributed by atoms with van der Waals surface area (Å²) in [6, 6.07) is 16.7. The number of rotatable bonds is 10. The Morgan fingerprint density at radius 3 is 2.39 bits per heavy atom. The number of carbonyl (C=O) groups is 1. The maximum atomic E-state index is 12.7. The number of likely N-dealkylation sites (tertiary alicyclic amines) is 1. The summed E-state index contributed by atoms with van der Waals surface area (Å²) in [5, 5.41) is 12.6. The van der Waals surface area contributed by atoms with E-state index in [0.717, 1.165) is 69.3 Å². The lowest BCUT2D eigenvalue weighted by Gasteiger charge is -2.32. The second kappa shape index (κ2) is 11.8. The zero-order valence-corrected chi connectivity index (χ0v) is 22.3. The van der Waals surface area contributed by atoms with Gasteiger partial charge >= 0.3 is 0 Å². The fraction of sp³-hybridized carbons (Fsp3) is 0.464. The van der Waals surface area contributed by atoms with Crippen LogP contribution in [0.1, 0.15) is 73.3 Å². The van der Waals surface area contributed by atoms with E-state index in [-0.39, 0.29) is 28.7 Å². The minimum absolute atomic E-state index is 0.0274. The van der Waals surface area contributed by atoms with E-state index >= 15 is 0 Å². The number of hydrogen-bond acceptors (Lipinski definition) is 7. The molecule has 1 atom stereocenters. The SMILES string of the molecule is NS(=O)(=O)c1ccc(Cc2noc(C3CCN(CCC(NC(=O)C4CCC4)c4ccccc4)CC3)n2)cc1. The van der Waals surface area contributed by atoms with E-state index in [4.69, 9.17) is 9.66 Å². The monoisotopic (exact) mass is 537 g/mol. The molecule has 0 bridgehead atoms. The molecule has 1 saturated heterocycles. The number of nitrogens with one attached hydrogen (secondary N) is 1. The third-order valence-electron chi connectivity index (χ3n) is 7.76. The van der Waals surface area contributed by atoms with Gasteiger partial charge in [0.15, 0.2) is 5.82 Å². The number of sulfonamides is 1. The van der Waals surface area contributed by atoms with Crippen LogP contribution in [0.4, 0.5) is 0 Å². The molecule has 38 heavy (non-hydrogen) atoms. The van der Waals surface area contributed by atoms with Crippen LogP contribution < -0.4 is 10.5 Å². The van der Waals surface area contributed by atoms with Gasteiger partial charge in [0.2, 0.25) is 21.8 Å². The highest BCUT2D eigenvalue weighted by molar-refractivity contribution is 7.89. The molecule has 2 fully saturated rings. The molecule has 1 aromatic heterocycles. The van der Waals surface area contributed by atoms with Crippen LogP contribution in [-0.2, 0) is 21.2 Å². The standard InChI is InChI=1S/C28H35N5O4S/c29-38(35,36)24-11-9-20(10-12-24)19-26-31-28(37-32-26)23-13-16-33(17-14-23)18-15-25(21-5-2-1-3-6-21)30-27(34)22-7-4-8-22/h1-3,5-6,9-12,22-23,25H,4,7-8,13-19H2,(H,30,34)(H2,29,35,36). The Balaban J connectivity index is 1.12. The lowest BCUT2D eigenvalue weighted by atomic mass is 9.84. The van der Waals surface area contributed by atoms with Crippen LogP contribution in [0.5, 0.6) is 0 Å². The number of amides is 1. The number of nitrogens with zero attached hydrogens (tertiary/aromatic N) is 3. The number of nitrogens with two attached hydrogens (primary N) is 1. The van der Waals surface area contributed by atoms with Crippen molar-refractivity contribution in [3.8, 4) is 0 Å². The predicted molar refractivity (Wildman–Crippen MR) is 143 cm³/mol. The summed E-state index contributed by atoms with van der Waals surface area (Å²) in [5.41, 5.74) is 2.05. The van der Waals surface area contributed by atoms with Gasteiger partial charge in [-0.05, 0) is 68.5 Å². The maximum Gasteiger partial charge on any atom is 0.238 e. The third-order valence-corrected chi connectivity index (χ3v) is 8.69. The molecule has 2 aliphatic rings. The smallest absolute Gasteiger partial charge is 0.238 e. The molecule has 1 amide bonds. The van der Waals surface area contributed by atoms with Gasteiger partial charge in [-0.25, -0.2) is 13.6 Å². The molecule has 1 saturated carbocycles. The number of carbonyl (C=O) groups excluding carboxylic acids is 1. The summed E-state index contributed by atoms with van der Waals surface area (Å²) in [6.45, 7) is 2.80. The normalized spacial score (nSPS) is 18.1. The average Bonchev–Trinajstić information content (AvgIpc) is 3.34. The Hall–Kier alpha value is -3.08. The van der Waals surface area contributed by atoms with Crippen LogP contribution >= 0.6 is 0 Å². The summed E-state index contributed by atoms with van der Waals surface area (Å²) >= 11 is 0. The van der Waals surface area contributed by atoms with Gasteiger partial charge in [-0.2, -0.15) is 4.98 Å². The van der Waals surface area contributed by atoms with Crippen LogP contribution in [0.25, 0.3) is 0 Å². The summed E-state index contributed by atoms with van der Waals surface area (Å²) in [7, 11) is -3.71. The first kappa shape index (κ1) is 26.5. The van der Waals surface area contributed by atoms with Crippen LogP contribution in [-0.4, -0.2) is 49.0 Å². The Bertz CT molecular complexity index is 1310. The van der Waals surface area contributed by atoms with Crippen molar-refractivity contribution in [3.63, 3.8) is 0 Å². The van der Waals surface area contributed by atoms with Gasteiger partial charge < -0.3 is 14.7 Å². The lowest BCUT2D eigenvalue weighted by molar-refractivity contribution is -0.128. The van der Waals surface area contributed by atoms with Crippen molar-refractivity contribution in [2.24, 2.45) is 11.1 Å². The van der Waals surface area contributed by atoms with Crippen LogP contribution in [0.3, 0.4) is 0 Å². The van der Waals surface area contributed by atoms with Crippen molar-refractivity contribution in [1.82, 2.24) is 20.4 Å². The number of primary sulfonamides is 1. The molecule has 3 aromatic rings. The highest BCUT2D eigenvalue weighted by atomic mass is 32.2. The summed E-state index contributed by atoms with van der Waals surface area (Å²) in [6.07, 6.45) is 6.37. The van der Waals surface area contributed by atoms with Gasteiger partial charge in [0.25, 0.3) is 0 Å². The first-order chi connectivity index (χ1) is 18.3. The molecule has 2 aromatic carbocycles. The number of hydrogen-bond donors (Lipinski definition) is 2. The van der Waals surface area contributed by atoms with Crippen molar-refractivity contribution in [2.45, 2.75) is 61.8 Å². The molecule has 1 aliphatic carbocycles. The first-order valence-corrected chi connectivity index (χ1v) is 14.9. The molecular weight excluding hydrogens is 502 g/mol.